The van der Waals surface area contributed by atoms with Crippen molar-refractivity contribution in [3.05, 3.63) is 0 Å². The van der Waals surface area contributed by atoms with E-state index in [1.165, 1.54) is 116 Å². The van der Waals surface area contributed by atoms with Crippen LogP contribution < -0.4 is 0 Å². The SMILES string of the molecule is CCCC1CCC(C(=O)CC2CCC(C34CCC(CCCCl)(CC3)CC4)CC2)CC1. The lowest BCUT2D eigenvalue weighted by Crippen LogP contribution is -2.46. The second kappa shape index (κ2) is 10.3. The Morgan fingerprint density at radius 2 is 1.43 bits per heavy atom. The molecule has 0 aromatic heterocycles. The lowest BCUT2D eigenvalue weighted by atomic mass is 9.47. The van der Waals surface area contributed by atoms with Gasteiger partial charge >= 0.3 is 0 Å². The summed E-state index contributed by atoms with van der Waals surface area (Å²) in [6.45, 7) is 2.30. The van der Waals surface area contributed by atoms with Crippen molar-refractivity contribution in [1.29, 1.82) is 0 Å². The number of carbonyl (C=O) groups excluding carboxylic acids is 1. The van der Waals surface area contributed by atoms with Gasteiger partial charge in [-0.1, -0.05) is 19.8 Å². The molecule has 0 N–H and O–H groups in total. The number of Topliss-reactive ketones (excluding diaryl/α,β-unsaturated/α-hetero) is 1. The molecule has 0 atom stereocenters. The van der Waals surface area contributed by atoms with Gasteiger partial charge in [0.15, 0.2) is 0 Å². The van der Waals surface area contributed by atoms with Crippen LogP contribution in [0.5, 0.6) is 0 Å². The molecule has 30 heavy (non-hydrogen) atoms. The van der Waals surface area contributed by atoms with Gasteiger partial charge in [-0.15, -0.1) is 11.6 Å². The topological polar surface area (TPSA) is 17.1 Å². The maximum Gasteiger partial charge on any atom is 0.136 e. The molecule has 0 radical (unpaired) electrons. The Hall–Kier alpha value is -0.0400. The Bertz CT molecular complexity index is 528. The maximum absolute atomic E-state index is 13.0. The minimum Gasteiger partial charge on any atom is -0.299 e. The van der Waals surface area contributed by atoms with E-state index in [2.05, 4.69) is 6.92 Å². The van der Waals surface area contributed by atoms with Gasteiger partial charge in [-0.25, -0.2) is 0 Å². The molecule has 5 aliphatic carbocycles. The summed E-state index contributed by atoms with van der Waals surface area (Å²) < 4.78 is 0. The molecule has 0 unspecified atom stereocenters. The smallest absolute Gasteiger partial charge is 0.136 e. The first-order chi connectivity index (χ1) is 14.6. The largest absolute Gasteiger partial charge is 0.299 e. The fourth-order valence-electron chi connectivity index (χ4n) is 8.33. The van der Waals surface area contributed by atoms with Gasteiger partial charge in [-0.3, -0.25) is 4.79 Å². The molecule has 0 heterocycles. The Morgan fingerprint density at radius 3 is 2.00 bits per heavy atom. The van der Waals surface area contributed by atoms with Crippen molar-refractivity contribution >= 4 is 17.4 Å². The van der Waals surface area contributed by atoms with Gasteiger partial charge < -0.3 is 0 Å². The first-order valence-corrected chi connectivity index (χ1v) is 14.2. The van der Waals surface area contributed by atoms with Gasteiger partial charge in [0, 0.05) is 18.2 Å². The number of hydrogen-bond acceptors (Lipinski definition) is 1. The lowest BCUT2D eigenvalue weighted by Gasteiger charge is -2.58. The second-order valence-corrected chi connectivity index (χ2v) is 12.4. The van der Waals surface area contributed by atoms with Gasteiger partial charge in [-0.2, -0.15) is 0 Å². The number of fused-ring (bicyclic) bond motifs is 3. The molecule has 5 rings (SSSR count). The van der Waals surface area contributed by atoms with Gasteiger partial charge in [0.2, 0.25) is 0 Å². The highest BCUT2D eigenvalue weighted by Gasteiger charge is 2.51. The highest BCUT2D eigenvalue weighted by Crippen LogP contribution is 2.63. The van der Waals surface area contributed by atoms with E-state index in [0.717, 1.165) is 24.1 Å². The van der Waals surface area contributed by atoms with Crippen LogP contribution in [0.15, 0.2) is 0 Å². The van der Waals surface area contributed by atoms with E-state index in [1.807, 2.05) is 0 Å². The van der Waals surface area contributed by atoms with E-state index in [1.54, 1.807) is 0 Å². The maximum atomic E-state index is 13.0. The van der Waals surface area contributed by atoms with E-state index in [-0.39, 0.29) is 0 Å². The first kappa shape index (κ1) is 23.1. The zero-order chi connectivity index (χ0) is 21.0. The molecular weight excluding hydrogens is 388 g/mol. The average Bonchev–Trinajstić information content (AvgIpc) is 2.80. The normalized spacial score (nSPS) is 41.7. The zero-order valence-corrected chi connectivity index (χ0v) is 20.5. The second-order valence-electron chi connectivity index (χ2n) is 12.0. The van der Waals surface area contributed by atoms with Crippen LogP contribution in [0.4, 0.5) is 0 Å². The van der Waals surface area contributed by atoms with E-state index in [0.29, 0.717) is 28.4 Å². The lowest BCUT2D eigenvalue weighted by molar-refractivity contribution is -0.125. The fraction of sp³-hybridized carbons (Fsp3) is 0.964. The third-order valence-electron chi connectivity index (χ3n) is 10.5. The summed E-state index contributed by atoms with van der Waals surface area (Å²) >= 11 is 6.00. The Balaban J connectivity index is 1.20. The van der Waals surface area contributed by atoms with Crippen LogP contribution in [0.2, 0.25) is 0 Å². The fourth-order valence-corrected chi connectivity index (χ4v) is 8.47. The van der Waals surface area contributed by atoms with Crippen LogP contribution in [0.3, 0.4) is 0 Å². The number of halogens is 1. The van der Waals surface area contributed by atoms with Crippen molar-refractivity contribution < 1.29 is 4.79 Å². The third-order valence-corrected chi connectivity index (χ3v) is 10.8. The molecular formula is C28H47ClO. The van der Waals surface area contributed by atoms with Crippen LogP contribution in [-0.4, -0.2) is 11.7 Å². The molecule has 0 saturated heterocycles. The summed E-state index contributed by atoms with van der Waals surface area (Å²) in [6.07, 6.45) is 25.6. The van der Waals surface area contributed by atoms with Crippen molar-refractivity contribution in [2.75, 3.05) is 5.88 Å². The highest BCUT2D eigenvalue weighted by atomic mass is 35.5. The summed E-state index contributed by atoms with van der Waals surface area (Å²) in [4.78, 5) is 13.0. The predicted molar refractivity (Wildman–Crippen MR) is 128 cm³/mol. The Morgan fingerprint density at radius 1 is 0.833 bits per heavy atom. The molecule has 1 nitrogen and oxygen atoms in total. The van der Waals surface area contributed by atoms with Crippen molar-refractivity contribution in [3.63, 3.8) is 0 Å². The summed E-state index contributed by atoms with van der Waals surface area (Å²) in [7, 11) is 0. The minimum atomic E-state index is 0.409. The molecule has 2 heteroatoms. The van der Waals surface area contributed by atoms with Gasteiger partial charge in [-0.05, 0) is 131 Å². The van der Waals surface area contributed by atoms with Crippen LogP contribution in [0.1, 0.15) is 129 Å². The molecule has 2 bridgehead atoms. The predicted octanol–water partition coefficient (Wildman–Crippen LogP) is 8.72. The van der Waals surface area contributed by atoms with E-state index < -0.39 is 0 Å². The summed E-state index contributed by atoms with van der Waals surface area (Å²) in [5.41, 5.74) is 1.34. The van der Waals surface area contributed by atoms with Crippen LogP contribution in [0.25, 0.3) is 0 Å². The Kier molecular flexibility index (Phi) is 7.92. The minimum absolute atomic E-state index is 0.409. The summed E-state index contributed by atoms with van der Waals surface area (Å²) in [6, 6.07) is 0. The number of rotatable bonds is 9. The van der Waals surface area contributed by atoms with Crippen molar-refractivity contribution in [1.82, 2.24) is 0 Å². The molecule has 0 amide bonds. The molecule has 172 valence electrons. The average molecular weight is 435 g/mol. The molecule has 0 spiro atoms. The third kappa shape index (κ3) is 5.13. The van der Waals surface area contributed by atoms with E-state index >= 15 is 0 Å². The number of hydrogen-bond donors (Lipinski definition) is 0. The first-order valence-electron chi connectivity index (χ1n) is 13.7. The van der Waals surface area contributed by atoms with Gasteiger partial charge in [0.1, 0.15) is 5.78 Å². The zero-order valence-electron chi connectivity index (χ0n) is 19.7. The quantitative estimate of drug-likeness (QED) is 0.331. The van der Waals surface area contributed by atoms with Crippen LogP contribution in [0, 0.1) is 34.5 Å². The summed E-state index contributed by atoms with van der Waals surface area (Å²) in [5, 5.41) is 0. The molecule has 5 aliphatic rings. The van der Waals surface area contributed by atoms with Crippen molar-refractivity contribution in [2.24, 2.45) is 34.5 Å². The van der Waals surface area contributed by atoms with Crippen molar-refractivity contribution in [2.45, 2.75) is 129 Å². The monoisotopic (exact) mass is 434 g/mol. The number of ketones is 1. The van der Waals surface area contributed by atoms with Crippen molar-refractivity contribution in [3.8, 4) is 0 Å². The molecule has 0 aromatic rings. The molecule has 5 fully saturated rings. The Labute approximate surface area is 191 Å². The molecule has 5 saturated carbocycles. The molecule has 0 aromatic carbocycles. The summed E-state index contributed by atoms with van der Waals surface area (Å²) in [5.74, 6) is 4.45. The number of carbonyl (C=O) groups is 1. The van der Waals surface area contributed by atoms with Crippen LogP contribution in [-0.2, 0) is 4.79 Å². The molecule has 0 aliphatic heterocycles. The van der Waals surface area contributed by atoms with E-state index in [4.69, 9.17) is 11.6 Å². The van der Waals surface area contributed by atoms with Gasteiger partial charge in [0.05, 0.1) is 0 Å². The number of alkyl halides is 1. The van der Waals surface area contributed by atoms with Crippen LogP contribution >= 0.6 is 11.6 Å². The standard InChI is InChI=1S/C28H47ClO/c1-2-4-22-5-9-24(10-6-22)26(30)21-23-7-11-25(12-8-23)28-17-14-27(15-18-28,16-19-28)13-3-20-29/h22-25H,2-21H2,1H3. The highest BCUT2D eigenvalue weighted by molar-refractivity contribution is 6.17. The van der Waals surface area contributed by atoms with Gasteiger partial charge in [0.25, 0.3) is 0 Å². The van der Waals surface area contributed by atoms with E-state index in [9.17, 15) is 4.79 Å².